The maximum atomic E-state index is 13.1. The van der Waals surface area contributed by atoms with Gasteiger partial charge in [0.1, 0.15) is 11.6 Å². The van der Waals surface area contributed by atoms with Crippen LogP contribution in [0.2, 0.25) is 0 Å². The van der Waals surface area contributed by atoms with Crippen LogP contribution in [0, 0.1) is 13.8 Å². The third kappa shape index (κ3) is 4.40. The molecule has 0 unspecified atom stereocenters. The number of hydrogen-bond donors (Lipinski definition) is 1. The molecule has 0 bridgehead atoms. The highest BCUT2D eigenvalue weighted by Gasteiger charge is 2.27. The topological polar surface area (TPSA) is 80.2 Å². The van der Waals surface area contributed by atoms with Crippen LogP contribution in [0.15, 0.2) is 18.2 Å². The number of ether oxygens (including phenoxy) is 1. The molecule has 0 spiro atoms. The van der Waals surface area contributed by atoms with E-state index in [1.54, 1.807) is 20.1 Å². The molecule has 0 aliphatic carbocycles. The average Bonchev–Trinajstić information content (AvgIpc) is 2.70. The Morgan fingerprint density at radius 1 is 1.32 bits per heavy atom. The number of pyridine rings is 1. The number of fused-ring (bicyclic) bond motifs is 1. The van der Waals surface area contributed by atoms with Crippen LogP contribution in [0.4, 0.5) is 5.82 Å². The van der Waals surface area contributed by atoms with Crippen molar-refractivity contribution in [3.63, 3.8) is 0 Å². The molecular formula is C21H29N5O2. The molecule has 0 saturated heterocycles. The molecule has 150 valence electrons. The van der Waals surface area contributed by atoms with E-state index < -0.39 is 0 Å². The lowest BCUT2D eigenvalue weighted by atomic mass is 9.99. The number of nitrogens with one attached hydrogen (secondary N) is 1. The number of hydrogen-bond acceptors (Lipinski definition) is 6. The van der Waals surface area contributed by atoms with Gasteiger partial charge in [-0.1, -0.05) is 6.07 Å². The van der Waals surface area contributed by atoms with Gasteiger partial charge in [0.2, 0.25) is 11.8 Å². The average molecular weight is 383 g/mol. The zero-order chi connectivity index (χ0) is 20.3. The lowest BCUT2D eigenvalue weighted by Crippen LogP contribution is -2.43. The first-order valence-electron chi connectivity index (χ1n) is 9.82. The van der Waals surface area contributed by atoms with E-state index in [0.717, 1.165) is 24.4 Å². The molecule has 2 aromatic heterocycles. The fraction of sp³-hybridized carbons (Fsp3) is 0.524. The molecule has 0 fully saturated rings. The van der Waals surface area contributed by atoms with Crippen molar-refractivity contribution in [2.75, 3.05) is 25.5 Å². The van der Waals surface area contributed by atoms with Crippen molar-refractivity contribution in [2.24, 2.45) is 0 Å². The molecule has 0 aromatic carbocycles. The zero-order valence-electron chi connectivity index (χ0n) is 17.3. The van der Waals surface area contributed by atoms with Gasteiger partial charge in [-0.05, 0) is 52.2 Å². The molecule has 3 heterocycles. The molecular weight excluding hydrogens is 354 g/mol. The van der Waals surface area contributed by atoms with Crippen LogP contribution in [-0.4, -0.2) is 52.0 Å². The summed E-state index contributed by atoms with van der Waals surface area (Å²) in [6.07, 6.45) is 1.96. The van der Waals surface area contributed by atoms with Crippen molar-refractivity contribution >= 4 is 11.7 Å². The van der Waals surface area contributed by atoms with Crippen LogP contribution in [-0.2, 0) is 11.2 Å². The van der Waals surface area contributed by atoms with Gasteiger partial charge in [0, 0.05) is 30.9 Å². The smallest absolute Gasteiger partial charge is 0.231 e. The normalized spacial score (nSPS) is 16.7. The summed E-state index contributed by atoms with van der Waals surface area (Å²) in [5.41, 5.74) is 2.93. The van der Waals surface area contributed by atoms with Crippen molar-refractivity contribution in [1.82, 2.24) is 19.9 Å². The fourth-order valence-corrected chi connectivity index (χ4v) is 3.57. The maximum Gasteiger partial charge on any atom is 0.231 e. The summed E-state index contributed by atoms with van der Waals surface area (Å²) in [5, 5.41) is 3.51. The monoisotopic (exact) mass is 383 g/mol. The summed E-state index contributed by atoms with van der Waals surface area (Å²) in [5.74, 6) is 1.74. The predicted octanol–water partition coefficient (Wildman–Crippen LogP) is 2.88. The van der Waals surface area contributed by atoms with Crippen molar-refractivity contribution in [2.45, 2.75) is 52.5 Å². The quantitative estimate of drug-likeness (QED) is 0.826. The first kappa shape index (κ1) is 20.0. The molecule has 0 saturated carbocycles. The second-order valence-electron chi connectivity index (χ2n) is 7.32. The van der Waals surface area contributed by atoms with E-state index >= 15 is 0 Å². The summed E-state index contributed by atoms with van der Waals surface area (Å²) >= 11 is 0. The minimum absolute atomic E-state index is 0.0625. The summed E-state index contributed by atoms with van der Waals surface area (Å²) in [6, 6.07) is 6.11. The Hall–Kier alpha value is -2.70. The number of carbonyl (C=O) groups excluding carboxylic acids is 1. The SMILES string of the molecule is CCN(C[C@H]1CCc2ccc(C)nc2N1)C(=O)[C@@H](C)c1cc(OC)nc(C)n1. The van der Waals surface area contributed by atoms with Crippen LogP contribution in [0.25, 0.3) is 0 Å². The summed E-state index contributed by atoms with van der Waals surface area (Å²) in [4.78, 5) is 28.3. The molecule has 7 nitrogen and oxygen atoms in total. The lowest BCUT2D eigenvalue weighted by Gasteiger charge is -2.32. The molecule has 2 aromatic rings. The van der Waals surface area contributed by atoms with Crippen LogP contribution in [0.3, 0.4) is 0 Å². The maximum absolute atomic E-state index is 13.1. The first-order chi connectivity index (χ1) is 13.4. The minimum atomic E-state index is -0.355. The molecule has 28 heavy (non-hydrogen) atoms. The van der Waals surface area contributed by atoms with Gasteiger partial charge in [-0.15, -0.1) is 0 Å². The number of aromatic nitrogens is 3. The molecule has 1 aliphatic heterocycles. The Morgan fingerprint density at radius 3 is 2.82 bits per heavy atom. The van der Waals surface area contributed by atoms with E-state index in [1.165, 1.54) is 5.56 Å². The van der Waals surface area contributed by atoms with Gasteiger partial charge in [0.05, 0.1) is 18.7 Å². The van der Waals surface area contributed by atoms with E-state index in [-0.39, 0.29) is 17.9 Å². The van der Waals surface area contributed by atoms with E-state index in [9.17, 15) is 4.79 Å². The van der Waals surface area contributed by atoms with Gasteiger partial charge in [0.15, 0.2) is 0 Å². The Labute approximate surface area is 166 Å². The molecule has 7 heteroatoms. The number of likely N-dealkylation sites (N-methyl/N-ethyl adjacent to an activating group) is 1. The first-order valence-corrected chi connectivity index (χ1v) is 9.82. The minimum Gasteiger partial charge on any atom is -0.481 e. The summed E-state index contributed by atoms with van der Waals surface area (Å²) in [6.45, 7) is 9.00. The van der Waals surface area contributed by atoms with Crippen molar-refractivity contribution < 1.29 is 9.53 Å². The largest absolute Gasteiger partial charge is 0.481 e. The van der Waals surface area contributed by atoms with Crippen LogP contribution < -0.4 is 10.1 Å². The molecule has 3 rings (SSSR count). The summed E-state index contributed by atoms with van der Waals surface area (Å²) in [7, 11) is 1.57. The van der Waals surface area contributed by atoms with Gasteiger partial charge < -0.3 is 15.0 Å². The molecule has 2 atom stereocenters. The molecule has 1 aliphatic rings. The second kappa shape index (κ2) is 8.54. The van der Waals surface area contributed by atoms with Crippen molar-refractivity contribution in [3.05, 3.63) is 41.0 Å². The lowest BCUT2D eigenvalue weighted by molar-refractivity contribution is -0.132. The van der Waals surface area contributed by atoms with E-state index in [4.69, 9.17) is 4.74 Å². The van der Waals surface area contributed by atoms with Crippen molar-refractivity contribution in [3.8, 4) is 5.88 Å². The third-order valence-electron chi connectivity index (χ3n) is 5.21. The number of methoxy groups -OCH3 is 1. The highest BCUT2D eigenvalue weighted by molar-refractivity contribution is 5.83. The van der Waals surface area contributed by atoms with Gasteiger partial charge >= 0.3 is 0 Å². The van der Waals surface area contributed by atoms with E-state index in [2.05, 4.69) is 26.3 Å². The zero-order valence-corrected chi connectivity index (χ0v) is 17.3. The summed E-state index contributed by atoms with van der Waals surface area (Å²) < 4.78 is 5.22. The van der Waals surface area contributed by atoms with Gasteiger partial charge in [-0.3, -0.25) is 4.79 Å². The predicted molar refractivity (Wildman–Crippen MR) is 109 cm³/mol. The fourth-order valence-electron chi connectivity index (χ4n) is 3.57. The number of rotatable bonds is 6. The van der Waals surface area contributed by atoms with Crippen LogP contribution in [0.1, 0.15) is 49.0 Å². The highest BCUT2D eigenvalue weighted by Crippen LogP contribution is 2.25. The number of amides is 1. The van der Waals surface area contributed by atoms with Crippen LogP contribution >= 0.6 is 0 Å². The number of anilines is 1. The second-order valence-corrected chi connectivity index (χ2v) is 7.32. The molecule has 0 radical (unpaired) electrons. The number of nitrogens with zero attached hydrogens (tertiary/aromatic N) is 4. The Bertz CT molecular complexity index is 855. The van der Waals surface area contributed by atoms with Gasteiger partial charge in [0.25, 0.3) is 0 Å². The van der Waals surface area contributed by atoms with Crippen molar-refractivity contribution in [1.29, 1.82) is 0 Å². The molecule has 1 amide bonds. The van der Waals surface area contributed by atoms with E-state index in [1.807, 2.05) is 31.7 Å². The highest BCUT2D eigenvalue weighted by atomic mass is 16.5. The van der Waals surface area contributed by atoms with Crippen LogP contribution in [0.5, 0.6) is 5.88 Å². The van der Waals surface area contributed by atoms with E-state index in [0.29, 0.717) is 30.5 Å². The third-order valence-corrected chi connectivity index (χ3v) is 5.21. The van der Waals surface area contributed by atoms with Gasteiger partial charge in [-0.2, -0.15) is 4.98 Å². The van der Waals surface area contributed by atoms with Gasteiger partial charge in [-0.25, -0.2) is 9.97 Å². The number of aryl methyl sites for hydroxylation is 3. The Kier molecular flexibility index (Phi) is 6.11. The molecule has 1 N–H and O–H groups in total. The number of carbonyl (C=O) groups is 1. The Balaban J connectivity index is 1.71. The Morgan fingerprint density at radius 2 is 2.11 bits per heavy atom. The standard InChI is InChI=1S/C21H29N5O2/c1-6-26(12-17-10-9-16-8-7-13(2)22-20(16)25-17)21(27)14(3)18-11-19(28-5)24-15(4)23-18/h7-8,11,14,17H,6,9-10,12H2,1-5H3,(H,22,25)/t14-,17+/m0/s1.